The topological polar surface area (TPSA) is 41.9 Å². The lowest BCUT2D eigenvalue weighted by atomic mass is 10.0. The summed E-state index contributed by atoms with van der Waals surface area (Å²) in [5.41, 5.74) is 5.18. The molecule has 0 aliphatic carbocycles. The summed E-state index contributed by atoms with van der Waals surface area (Å²) in [6.07, 6.45) is 1.92. The van der Waals surface area contributed by atoms with Gasteiger partial charge in [-0.05, 0) is 71.8 Å². The quantitative estimate of drug-likeness (QED) is 0.499. The fourth-order valence-corrected chi connectivity index (χ4v) is 4.11. The highest BCUT2D eigenvalue weighted by molar-refractivity contribution is 8.18. The number of benzene rings is 3. The Labute approximate surface area is 180 Å². The fraction of sp³-hybridized carbons (Fsp3) is 0.120. The summed E-state index contributed by atoms with van der Waals surface area (Å²) in [7, 11) is 3.42. The highest BCUT2D eigenvalue weighted by atomic mass is 32.2. The Kier molecular flexibility index (Phi) is 5.72. The molecule has 150 valence electrons. The van der Waals surface area contributed by atoms with Gasteiger partial charge < -0.3 is 4.74 Å². The first-order chi connectivity index (χ1) is 14.5. The number of aryl methyl sites for hydroxylation is 1. The molecule has 0 unspecified atom stereocenters. The van der Waals surface area contributed by atoms with Crippen LogP contribution in [0.15, 0.2) is 82.7 Å². The Morgan fingerprint density at radius 2 is 1.70 bits per heavy atom. The number of hydrogen-bond donors (Lipinski definition) is 0. The number of carbonyl (C=O) groups excluding carboxylic acids is 1. The monoisotopic (exact) mass is 414 g/mol. The van der Waals surface area contributed by atoms with Crippen molar-refractivity contribution < 1.29 is 9.53 Å². The second-order valence-corrected chi connectivity index (χ2v) is 8.07. The SMILES string of the molecule is COc1ccc(-c2cccc(/C=C3\S/C(=N/c4ccc(C)cc4)N(C)C3=O)c2)cc1. The number of likely N-dealkylation sites (N-methyl/N-ethyl adjacent to an activating group) is 1. The van der Waals surface area contributed by atoms with Crippen molar-refractivity contribution in [3.05, 3.63) is 88.8 Å². The van der Waals surface area contributed by atoms with E-state index in [-0.39, 0.29) is 5.91 Å². The number of thioether (sulfide) groups is 1. The summed E-state index contributed by atoms with van der Waals surface area (Å²) >= 11 is 1.40. The standard InChI is InChI=1S/C25H22N2O2S/c1-17-7-11-21(12-8-17)26-25-27(2)24(28)23(30-25)16-18-5-4-6-20(15-18)19-9-13-22(29-3)14-10-19/h4-16H,1-3H3/b23-16-,26-25+. The van der Waals surface area contributed by atoms with Crippen molar-refractivity contribution in [2.24, 2.45) is 4.99 Å². The summed E-state index contributed by atoms with van der Waals surface area (Å²) in [6.45, 7) is 2.04. The second kappa shape index (κ2) is 8.59. The molecule has 3 aromatic rings. The Morgan fingerprint density at radius 3 is 2.40 bits per heavy atom. The van der Waals surface area contributed by atoms with E-state index in [4.69, 9.17) is 4.74 Å². The van der Waals surface area contributed by atoms with Crippen LogP contribution in [0, 0.1) is 6.92 Å². The van der Waals surface area contributed by atoms with Crippen LogP contribution in [0.25, 0.3) is 17.2 Å². The van der Waals surface area contributed by atoms with E-state index in [2.05, 4.69) is 17.1 Å². The Hall–Kier alpha value is -3.31. The number of methoxy groups -OCH3 is 1. The van der Waals surface area contributed by atoms with Gasteiger partial charge in [-0.2, -0.15) is 0 Å². The highest BCUT2D eigenvalue weighted by Crippen LogP contribution is 2.34. The average molecular weight is 415 g/mol. The van der Waals surface area contributed by atoms with Gasteiger partial charge in [0.2, 0.25) is 0 Å². The van der Waals surface area contributed by atoms with E-state index in [9.17, 15) is 4.79 Å². The normalized spacial score (nSPS) is 16.5. The molecule has 1 saturated heterocycles. The van der Waals surface area contributed by atoms with Crippen LogP contribution in [0.2, 0.25) is 0 Å². The maximum atomic E-state index is 12.7. The van der Waals surface area contributed by atoms with Gasteiger partial charge in [0.25, 0.3) is 5.91 Å². The van der Waals surface area contributed by atoms with Crippen LogP contribution in [-0.4, -0.2) is 30.1 Å². The van der Waals surface area contributed by atoms with Gasteiger partial charge in [0.05, 0.1) is 17.7 Å². The molecule has 3 aromatic carbocycles. The van der Waals surface area contributed by atoms with E-state index in [0.717, 1.165) is 28.1 Å². The molecule has 1 aliphatic rings. The third-order valence-corrected chi connectivity index (χ3v) is 5.93. The molecule has 1 heterocycles. The van der Waals surface area contributed by atoms with Gasteiger partial charge in [-0.1, -0.05) is 48.0 Å². The molecule has 5 heteroatoms. The lowest BCUT2D eigenvalue weighted by Gasteiger charge is -2.07. The first-order valence-corrected chi connectivity index (χ1v) is 10.4. The molecule has 0 aromatic heterocycles. The molecule has 1 aliphatic heterocycles. The summed E-state index contributed by atoms with van der Waals surface area (Å²) < 4.78 is 5.23. The van der Waals surface area contributed by atoms with Crippen molar-refractivity contribution in [1.82, 2.24) is 4.90 Å². The minimum atomic E-state index is -0.0410. The van der Waals surface area contributed by atoms with Crippen LogP contribution in [0.1, 0.15) is 11.1 Å². The van der Waals surface area contributed by atoms with Crippen molar-refractivity contribution in [2.75, 3.05) is 14.2 Å². The van der Waals surface area contributed by atoms with E-state index in [1.807, 2.05) is 73.7 Å². The summed E-state index contributed by atoms with van der Waals surface area (Å²) in [5.74, 6) is 0.786. The summed E-state index contributed by atoms with van der Waals surface area (Å²) in [5, 5.41) is 0.682. The molecule has 0 radical (unpaired) electrons. The Bertz CT molecular complexity index is 1130. The summed E-state index contributed by atoms with van der Waals surface area (Å²) in [6, 6.07) is 24.0. The predicted octanol–water partition coefficient (Wildman–Crippen LogP) is 5.90. The Morgan fingerprint density at radius 1 is 0.967 bits per heavy atom. The van der Waals surface area contributed by atoms with E-state index < -0.39 is 0 Å². The maximum absolute atomic E-state index is 12.7. The van der Waals surface area contributed by atoms with Crippen LogP contribution >= 0.6 is 11.8 Å². The Balaban J connectivity index is 1.60. The van der Waals surface area contributed by atoms with E-state index in [1.165, 1.54) is 17.3 Å². The van der Waals surface area contributed by atoms with E-state index >= 15 is 0 Å². The fourth-order valence-electron chi connectivity index (χ4n) is 3.12. The highest BCUT2D eigenvalue weighted by Gasteiger charge is 2.30. The molecule has 0 N–H and O–H groups in total. The lowest BCUT2D eigenvalue weighted by Crippen LogP contribution is -2.23. The van der Waals surface area contributed by atoms with E-state index in [0.29, 0.717) is 10.1 Å². The van der Waals surface area contributed by atoms with Crippen LogP contribution in [-0.2, 0) is 4.79 Å². The molecule has 0 saturated carbocycles. The molecule has 4 nitrogen and oxygen atoms in total. The minimum absolute atomic E-state index is 0.0410. The third-order valence-electron chi connectivity index (χ3n) is 4.87. The lowest BCUT2D eigenvalue weighted by molar-refractivity contribution is -0.121. The molecule has 0 atom stereocenters. The van der Waals surface area contributed by atoms with Crippen molar-refractivity contribution in [3.63, 3.8) is 0 Å². The molecular weight excluding hydrogens is 392 g/mol. The van der Waals surface area contributed by atoms with Gasteiger partial charge in [0.15, 0.2) is 5.17 Å². The smallest absolute Gasteiger partial charge is 0.266 e. The zero-order valence-electron chi connectivity index (χ0n) is 17.1. The average Bonchev–Trinajstić information content (AvgIpc) is 3.03. The van der Waals surface area contributed by atoms with Crippen molar-refractivity contribution >= 4 is 34.6 Å². The number of hydrogen-bond acceptors (Lipinski definition) is 4. The van der Waals surface area contributed by atoms with Gasteiger partial charge >= 0.3 is 0 Å². The van der Waals surface area contributed by atoms with Gasteiger partial charge in [-0.15, -0.1) is 0 Å². The van der Waals surface area contributed by atoms with Crippen LogP contribution in [0.3, 0.4) is 0 Å². The molecule has 4 rings (SSSR count). The predicted molar refractivity (Wildman–Crippen MR) is 125 cm³/mol. The largest absolute Gasteiger partial charge is 0.497 e. The number of aliphatic imine (C=N–C) groups is 1. The third kappa shape index (κ3) is 4.31. The molecule has 0 bridgehead atoms. The minimum Gasteiger partial charge on any atom is -0.497 e. The van der Waals surface area contributed by atoms with E-state index in [1.54, 1.807) is 19.1 Å². The first kappa shape index (κ1) is 20.0. The zero-order chi connectivity index (χ0) is 21.1. The number of carbonyl (C=O) groups is 1. The van der Waals surface area contributed by atoms with Crippen molar-refractivity contribution in [2.45, 2.75) is 6.92 Å². The molecule has 30 heavy (non-hydrogen) atoms. The number of amides is 1. The van der Waals surface area contributed by atoms with Gasteiger partial charge in [-0.25, -0.2) is 4.99 Å². The number of ether oxygens (including phenoxy) is 1. The molecule has 1 fully saturated rings. The first-order valence-electron chi connectivity index (χ1n) is 9.61. The van der Waals surface area contributed by atoms with Crippen LogP contribution in [0.4, 0.5) is 5.69 Å². The molecule has 1 amide bonds. The summed E-state index contributed by atoms with van der Waals surface area (Å²) in [4.78, 5) is 19.6. The number of rotatable bonds is 4. The second-order valence-electron chi connectivity index (χ2n) is 7.06. The van der Waals surface area contributed by atoms with Gasteiger partial charge in [0, 0.05) is 7.05 Å². The number of nitrogens with zero attached hydrogens (tertiary/aromatic N) is 2. The molecular formula is C25H22N2O2S. The maximum Gasteiger partial charge on any atom is 0.266 e. The number of amidine groups is 1. The van der Waals surface area contributed by atoms with Crippen molar-refractivity contribution in [3.8, 4) is 16.9 Å². The van der Waals surface area contributed by atoms with Crippen LogP contribution < -0.4 is 4.74 Å². The molecule has 0 spiro atoms. The van der Waals surface area contributed by atoms with Crippen molar-refractivity contribution in [1.29, 1.82) is 0 Å². The van der Waals surface area contributed by atoms with Crippen LogP contribution in [0.5, 0.6) is 5.75 Å². The van der Waals surface area contributed by atoms with Gasteiger partial charge in [0.1, 0.15) is 5.75 Å². The zero-order valence-corrected chi connectivity index (χ0v) is 17.9. The van der Waals surface area contributed by atoms with Gasteiger partial charge in [-0.3, -0.25) is 9.69 Å².